The van der Waals surface area contributed by atoms with E-state index >= 15 is 0 Å². The number of nitrogens with one attached hydrogen (secondary N) is 1. The SMILES string of the molecule is COC(=O)c1n[nH]c(Br)c1I. The maximum absolute atomic E-state index is 10.9. The Hall–Kier alpha value is -0.110. The van der Waals surface area contributed by atoms with Gasteiger partial charge in [-0.05, 0) is 38.5 Å². The van der Waals surface area contributed by atoms with Crippen LogP contribution in [0, 0.1) is 3.57 Å². The molecule has 1 aromatic heterocycles. The van der Waals surface area contributed by atoms with Crippen LogP contribution in [0.25, 0.3) is 0 Å². The largest absolute Gasteiger partial charge is 0.464 e. The smallest absolute Gasteiger partial charge is 0.359 e. The highest BCUT2D eigenvalue weighted by molar-refractivity contribution is 14.1. The molecule has 0 aromatic carbocycles. The lowest BCUT2D eigenvalue weighted by atomic mass is 10.4. The number of methoxy groups -OCH3 is 1. The summed E-state index contributed by atoms with van der Waals surface area (Å²) in [5, 5.41) is 6.34. The molecule has 0 fully saturated rings. The van der Waals surface area contributed by atoms with Crippen LogP contribution >= 0.6 is 38.5 Å². The molecule has 1 heterocycles. The van der Waals surface area contributed by atoms with Crippen molar-refractivity contribution in [3.63, 3.8) is 0 Å². The van der Waals surface area contributed by atoms with Crippen LogP contribution in [0.1, 0.15) is 10.5 Å². The number of H-pyrrole nitrogens is 1. The quantitative estimate of drug-likeness (QED) is 0.628. The maximum atomic E-state index is 10.9. The van der Waals surface area contributed by atoms with Crippen LogP contribution in [0.4, 0.5) is 0 Å². The summed E-state index contributed by atoms with van der Waals surface area (Å²) < 4.78 is 5.91. The predicted molar refractivity (Wildman–Crippen MR) is 50.3 cm³/mol. The molecule has 0 aliphatic rings. The third kappa shape index (κ3) is 1.73. The van der Waals surface area contributed by atoms with Gasteiger partial charge in [0.25, 0.3) is 0 Å². The lowest BCUT2D eigenvalue weighted by molar-refractivity contribution is 0.0593. The van der Waals surface area contributed by atoms with Gasteiger partial charge in [-0.15, -0.1) is 0 Å². The maximum Gasteiger partial charge on any atom is 0.359 e. The second-order valence-electron chi connectivity index (χ2n) is 1.69. The fourth-order valence-electron chi connectivity index (χ4n) is 0.539. The minimum atomic E-state index is -0.434. The Balaban J connectivity index is 3.04. The average Bonchev–Trinajstić information content (AvgIpc) is 2.32. The van der Waals surface area contributed by atoms with Gasteiger partial charge < -0.3 is 4.74 Å². The molecule has 0 unspecified atom stereocenters. The number of rotatable bonds is 1. The Morgan fingerprint density at radius 2 is 2.45 bits per heavy atom. The number of hydrogen-bond donors (Lipinski definition) is 1. The first-order valence-electron chi connectivity index (χ1n) is 2.64. The fraction of sp³-hybridized carbons (Fsp3) is 0.200. The number of carbonyl (C=O) groups is 1. The zero-order valence-electron chi connectivity index (χ0n) is 5.52. The van der Waals surface area contributed by atoms with Crippen molar-refractivity contribution in [2.75, 3.05) is 7.11 Å². The lowest BCUT2D eigenvalue weighted by Gasteiger charge is -1.92. The molecule has 1 rings (SSSR count). The minimum absolute atomic E-state index is 0.306. The van der Waals surface area contributed by atoms with E-state index in [0.29, 0.717) is 10.3 Å². The second-order valence-corrected chi connectivity index (χ2v) is 3.56. The summed E-state index contributed by atoms with van der Waals surface area (Å²) in [6, 6.07) is 0. The van der Waals surface area contributed by atoms with Crippen LogP contribution in [-0.2, 0) is 4.74 Å². The molecule has 0 amide bonds. The van der Waals surface area contributed by atoms with E-state index < -0.39 is 5.97 Å². The molecule has 0 spiro atoms. The van der Waals surface area contributed by atoms with Crippen molar-refractivity contribution in [3.8, 4) is 0 Å². The minimum Gasteiger partial charge on any atom is -0.464 e. The summed E-state index contributed by atoms with van der Waals surface area (Å²) in [7, 11) is 1.32. The first-order valence-corrected chi connectivity index (χ1v) is 4.51. The van der Waals surface area contributed by atoms with Crippen molar-refractivity contribution in [1.29, 1.82) is 0 Å². The van der Waals surface area contributed by atoms with Gasteiger partial charge in [0, 0.05) is 0 Å². The standard InChI is InChI=1S/C5H4BrIN2O2/c1-11-5(10)3-2(7)4(6)9-8-3/h1H3,(H,8,9). The summed E-state index contributed by atoms with van der Waals surface area (Å²) in [6.07, 6.45) is 0. The molecule has 0 aliphatic heterocycles. The van der Waals surface area contributed by atoms with Crippen molar-refractivity contribution in [3.05, 3.63) is 13.9 Å². The second kappa shape index (κ2) is 3.53. The zero-order valence-corrected chi connectivity index (χ0v) is 9.26. The summed E-state index contributed by atoms with van der Waals surface area (Å²) in [6.45, 7) is 0. The Morgan fingerprint density at radius 3 is 2.82 bits per heavy atom. The van der Waals surface area contributed by atoms with E-state index in [4.69, 9.17) is 0 Å². The molecule has 0 aliphatic carbocycles. The molecule has 1 aromatic rings. The van der Waals surface area contributed by atoms with Gasteiger partial charge in [-0.25, -0.2) is 4.79 Å². The van der Waals surface area contributed by atoms with Crippen molar-refractivity contribution in [2.45, 2.75) is 0 Å². The number of carbonyl (C=O) groups excluding carboxylic acids is 1. The van der Waals surface area contributed by atoms with E-state index in [9.17, 15) is 4.79 Å². The highest BCUT2D eigenvalue weighted by Gasteiger charge is 2.15. The molecule has 1 N–H and O–H groups in total. The Kier molecular flexibility index (Phi) is 2.88. The Morgan fingerprint density at radius 1 is 1.82 bits per heavy atom. The van der Waals surface area contributed by atoms with Gasteiger partial charge in [-0.3, -0.25) is 5.10 Å². The zero-order chi connectivity index (χ0) is 8.43. The number of esters is 1. The van der Waals surface area contributed by atoms with E-state index in [2.05, 4.69) is 30.9 Å². The van der Waals surface area contributed by atoms with Gasteiger partial charge in [0.1, 0.15) is 4.60 Å². The summed E-state index contributed by atoms with van der Waals surface area (Å²) in [4.78, 5) is 10.9. The third-order valence-electron chi connectivity index (χ3n) is 1.05. The Bertz CT molecular complexity index is 286. The van der Waals surface area contributed by atoms with Crippen molar-refractivity contribution in [2.24, 2.45) is 0 Å². The first kappa shape index (κ1) is 8.98. The fourth-order valence-corrected chi connectivity index (χ4v) is 1.28. The van der Waals surface area contributed by atoms with Crippen molar-refractivity contribution >= 4 is 44.5 Å². The number of halogens is 2. The average molecular weight is 331 g/mol. The van der Waals surface area contributed by atoms with Gasteiger partial charge >= 0.3 is 5.97 Å². The highest BCUT2D eigenvalue weighted by Crippen LogP contribution is 2.19. The molecule has 6 heteroatoms. The summed E-state index contributed by atoms with van der Waals surface area (Å²) in [5.41, 5.74) is 0.306. The van der Waals surface area contributed by atoms with Crippen LogP contribution in [0.2, 0.25) is 0 Å². The molecule has 0 saturated carbocycles. The van der Waals surface area contributed by atoms with Crippen molar-refractivity contribution < 1.29 is 9.53 Å². The topological polar surface area (TPSA) is 55.0 Å². The van der Waals surface area contributed by atoms with Gasteiger partial charge in [0.15, 0.2) is 5.69 Å². The van der Waals surface area contributed by atoms with Crippen LogP contribution in [-0.4, -0.2) is 23.3 Å². The Labute approximate surface area is 85.0 Å². The molecule has 4 nitrogen and oxygen atoms in total. The van der Waals surface area contributed by atoms with E-state index in [1.54, 1.807) is 0 Å². The number of aromatic nitrogens is 2. The molecular weight excluding hydrogens is 327 g/mol. The van der Waals surface area contributed by atoms with E-state index in [1.807, 2.05) is 22.6 Å². The molecule has 0 radical (unpaired) electrons. The van der Waals surface area contributed by atoms with E-state index in [-0.39, 0.29) is 0 Å². The predicted octanol–water partition coefficient (Wildman–Crippen LogP) is 1.56. The lowest BCUT2D eigenvalue weighted by Crippen LogP contribution is -2.03. The van der Waals surface area contributed by atoms with Gasteiger partial charge in [-0.2, -0.15) is 5.10 Å². The number of aromatic amines is 1. The first-order chi connectivity index (χ1) is 5.16. The van der Waals surface area contributed by atoms with Crippen LogP contribution < -0.4 is 0 Å². The molecular formula is C5H4BrIN2O2. The molecule has 0 atom stereocenters. The number of ether oxygens (including phenoxy) is 1. The highest BCUT2D eigenvalue weighted by atomic mass is 127. The van der Waals surface area contributed by atoms with Crippen LogP contribution in [0.5, 0.6) is 0 Å². The van der Waals surface area contributed by atoms with E-state index in [0.717, 1.165) is 3.57 Å². The van der Waals surface area contributed by atoms with E-state index in [1.165, 1.54) is 7.11 Å². The van der Waals surface area contributed by atoms with Gasteiger partial charge in [0.2, 0.25) is 0 Å². The number of nitrogens with zero attached hydrogens (tertiary/aromatic N) is 1. The molecule has 0 bridgehead atoms. The van der Waals surface area contributed by atoms with Gasteiger partial charge in [0.05, 0.1) is 10.7 Å². The van der Waals surface area contributed by atoms with Crippen LogP contribution in [0.3, 0.4) is 0 Å². The molecule has 11 heavy (non-hydrogen) atoms. The molecule has 60 valence electrons. The monoisotopic (exact) mass is 330 g/mol. The number of hydrogen-bond acceptors (Lipinski definition) is 3. The van der Waals surface area contributed by atoms with Gasteiger partial charge in [-0.1, -0.05) is 0 Å². The van der Waals surface area contributed by atoms with Crippen molar-refractivity contribution in [1.82, 2.24) is 10.2 Å². The van der Waals surface area contributed by atoms with Crippen LogP contribution in [0.15, 0.2) is 4.60 Å². The third-order valence-corrected chi connectivity index (χ3v) is 3.41. The summed E-state index contributed by atoms with van der Waals surface area (Å²) >= 11 is 5.18. The normalized spacial score (nSPS) is 9.73. The molecule has 0 saturated heterocycles. The summed E-state index contributed by atoms with van der Waals surface area (Å²) in [5.74, 6) is -0.434.